The number of benzene rings is 1. The molecular formula is C18H29N3O2. The second-order valence-electron chi connectivity index (χ2n) is 6.55. The average molecular weight is 319 g/mol. The molecule has 23 heavy (non-hydrogen) atoms. The van der Waals surface area contributed by atoms with Crippen LogP contribution in [0, 0.1) is 11.8 Å². The van der Waals surface area contributed by atoms with Crippen LogP contribution in [-0.2, 0) is 11.3 Å². The summed E-state index contributed by atoms with van der Waals surface area (Å²) in [6, 6.07) is 7.91. The van der Waals surface area contributed by atoms with Crippen LogP contribution in [0.15, 0.2) is 24.3 Å². The Morgan fingerprint density at radius 1 is 1.30 bits per heavy atom. The molecule has 0 aliphatic heterocycles. The summed E-state index contributed by atoms with van der Waals surface area (Å²) >= 11 is 0. The van der Waals surface area contributed by atoms with Gasteiger partial charge in [-0.1, -0.05) is 18.6 Å². The molecule has 1 fully saturated rings. The number of likely N-dealkylation sites (N-methyl/N-ethyl adjacent to an activating group) is 1. The predicted octanol–water partition coefficient (Wildman–Crippen LogP) is 1.62. The van der Waals surface area contributed by atoms with Crippen LogP contribution < -0.4 is 15.8 Å². The summed E-state index contributed by atoms with van der Waals surface area (Å²) in [5.41, 5.74) is 6.83. The number of amides is 1. The van der Waals surface area contributed by atoms with E-state index in [1.807, 2.05) is 38.4 Å². The van der Waals surface area contributed by atoms with E-state index in [2.05, 4.69) is 10.2 Å². The lowest BCUT2D eigenvalue weighted by molar-refractivity contribution is -0.126. The number of nitrogens with two attached hydrogens (primary N) is 1. The van der Waals surface area contributed by atoms with Crippen LogP contribution >= 0.6 is 0 Å². The first-order valence-electron chi connectivity index (χ1n) is 8.44. The summed E-state index contributed by atoms with van der Waals surface area (Å²) in [6.07, 6.45) is 3.15. The molecule has 0 saturated heterocycles. The van der Waals surface area contributed by atoms with E-state index in [4.69, 9.17) is 10.5 Å². The molecule has 5 heteroatoms. The Morgan fingerprint density at radius 2 is 2.04 bits per heavy atom. The number of nitrogens with one attached hydrogen (secondary N) is 1. The Hall–Kier alpha value is -1.59. The van der Waals surface area contributed by atoms with Crippen LogP contribution in [0.2, 0.25) is 0 Å². The van der Waals surface area contributed by atoms with Gasteiger partial charge in [-0.3, -0.25) is 4.79 Å². The zero-order valence-electron chi connectivity index (χ0n) is 14.3. The molecule has 1 amide bonds. The van der Waals surface area contributed by atoms with Gasteiger partial charge in [0.05, 0.1) is 0 Å². The standard InChI is InChI=1S/C18H29N3O2/c1-21(2)10-11-23-16-8-6-14(7-9-16)13-20-18(22)17-5-3-4-15(17)12-19/h6-9,15,17H,3-5,10-13,19H2,1-2H3,(H,20,22)/t15-,17-/m1/s1. The van der Waals surface area contributed by atoms with E-state index in [-0.39, 0.29) is 11.8 Å². The highest BCUT2D eigenvalue weighted by atomic mass is 16.5. The van der Waals surface area contributed by atoms with Crippen molar-refractivity contribution in [1.82, 2.24) is 10.2 Å². The van der Waals surface area contributed by atoms with Gasteiger partial charge in [0.2, 0.25) is 5.91 Å². The molecule has 0 spiro atoms. The highest BCUT2D eigenvalue weighted by molar-refractivity contribution is 5.79. The highest BCUT2D eigenvalue weighted by Crippen LogP contribution is 2.31. The molecule has 0 aromatic heterocycles. The lowest BCUT2D eigenvalue weighted by Crippen LogP contribution is -2.34. The first kappa shape index (κ1) is 17.8. The van der Waals surface area contributed by atoms with Gasteiger partial charge in [-0.15, -0.1) is 0 Å². The van der Waals surface area contributed by atoms with Crippen molar-refractivity contribution in [2.24, 2.45) is 17.6 Å². The van der Waals surface area contributed by atoms with Gasteiger partial charge in [0.25, 0.3) is 0 Å². The van der Waals surface area contributed by atoms with E-state index in [0.29, 0.717) is 25.6 Å². The van der Waals surface area contributed by atoms with Gasteiger partial charge in [0.15, 0.2) is 0 Å². The SMILES string of the molecule is CN(C)CCOc1ccc(CNC(=O)[C@@H]2CCC[C@@H]2CN)cc1. The fraction of sp³-hybridized carbons (Fsp3) is 0.611. The van der Waals surface area contributed by atoms with Crippen molar-refractivity contribution in [3.05, 3.63) is 29.8 Å². The largest absolute Gasteiger partial charge is 0.492 e. The third kappa shape index (κ3) is 5.52. The number of hydrogen-bond donors (Lipinski definition) is 2. The van der Waals surface area contributed by atoms with Crippen LogP contribution in [0.5, 0.6) is 5.75 Å². The molecule has 2 rings (SSSR count). The quantitative estimate of drug-likeness (QED) is 0.764. The van der Waals surface area contributed by atoms with Gasteiger partial charge in [0.1, 0.15) is 12.4 Å². The number of rotatable bonds is 8. The fourth-order valence-corrected chi connectivity index (χ4v) is 3.03. The van der Waals surface area contributed by atoms with Crippen molar-refractivity contribution in [3.63, 3.8) is 0 Å². The highest BCUT2D eigenvalue weighted by Gasteiger charge is 2.31. The smallest absolute Gasteiger partial charge is 0.223 e. The van der Waals surface area contributed by atoms with E-state index in [1.54, 1.807) is 0 Å². The molecule has 1 aromatic rings. The first-order chi connectivity index (χ1) is 11.1. The molecule has 0 heterocycles. The minimum atomic E-state index is 0.0913. The fourth-order valence-electron chi connectivity index (χ4n) is 3.03. The molecule has 1 aromatic carbocycles. The predicted molar refractivity (Wildman–Crippen MR) is 92.2 cm³/mol. The molecule has 3 N–H and O–H groups in total. The van der Waals surface area contributed by atoms with Gasteiger partial charge in [-0.2, -0.15) is 0 Å². The molecule has 0 bridgehead atoms. The number of nitrogens with zero attached hydrogens (tertiary/aromatic N) is 1. The maximum atomic E-state index is 12.3. The monoisotopic (exact) mass is 319 g/mol. The number of hydrogen-bond acceptors (Lipinski definition) is 4. The summed E-state index contributed by atoms with van der Waals surface area (Å²) in [5, 5.41) is 3.04. The third-order valence-electron chi connectivity index (χ3n) is 4.50. The van der Waals surface area contributed by atoms with Crippen LogP contribution in [0.25, 0.3) is 0 Å². The van der Waals surface area contributed by atoms with Gasteiger partial charge in [0, 0.05) is 19.0 Å². The zero-order valence-corrected chi connectivity index (χ0v) is 14.3. The van der Waals surface area contributed by atoms with E-state index in [1.165, 1.54) is 0 Å². The van der Waals surface area contributed by atoms with Crippen molar-refractivity contribution >= 4 is 5.91 Å². The topological polar surface area (TPSA) is 67.6 Å². The molecule has 1 saturated carbocycles. The van der Waals surface area contributed by atoms with Crippen molar-refractivity contribution in [1.29, 1.82) is 0 Å². The van der Waals surface area contributed by atoms with Gasteiger partial charge in [-0.25, -0.2) is 0 Å². The summed E-state index contributed by atoms with van der Waals surface area (Å²) in [7, 11) is 4.05. The van der Waals surface area contributed by atoms with E-state index in [0.717, 1.165) is 37.1 Å². The van der Waals surface area contributed by atoms with Crippen molar-refractivity contribution in [2.75, 3.05) is 33.8 Å². The maximum Gasteiger partial charge on any atom is 0.223 e. The summed E-state index contributed by atoms with van der Waals surface area (Å²) in [6.45, 7) is 2.73. The number of carbonyl (C=O) groups is 1. The average Bonchev–Trinajstić information content (AvgIpc) is 3.02. The van der Waals surface area contributed by atoms with Crippen LogP contribution in [0.3, 0.4) is 0 Å². The zero-order chi connectivity index (χ0) is 16.7. The third-order valence-corrected chi connectivity index (χ3v) is 4.50. The Bertz CT molecular complexity index is 488. The Labute approximate surface area is 139 Å². The van der Waals surface area contributed by atoms with Crippen LogP contribution in [-0.4, -0.2) is 44.6 Å². The van der Waals surface area contributed by atoms with Gasteiger partial charge < -0.3 is 20.7 Å². The molecule has 1 aliphatic carbocycles. The molecule has 0 radical (unpaired) electrons. The normalized spacial score (nSPS) is 20.7. The first-order valence-corrected chi connectivity index (χ1v) is 8.44. The molecule has 0 unspecified atom stereocenters. The maximum absolute atomic E-state index is 12.3. The second kappa shape index (κ2) is 8.89. The minimum absolute atomic E-state index is 0.0913. The van der Waals surface area contributed by atoms with E-state index >= 15 is 0 Å². The van der Waals surface area contributed by atoms with E-state index in [9.17, 15) is 4.79 Å². The van der Waals surface area contributed by atoms with Gasteiger partial charge in [-0.05, 0) is 57.1 Å². The number of carbonyl (C=O) groups excluding carboxylic acids is 1. The summed E-state index contributed by atoms with van der Waals surface area (Å²) in [5.74, 6) is 1.45. The molecular weight excluding hydrogens is 290 g/mol. The number of ether oxygens (including phenoxy) is 1. The minimum Gasteiger partial charge on any atom is -0.492 e. The van der Waals surface area contributed by atoms with Crippen LogP contribution in [0.4, 0.5) is 0 Å². The van der Waals surface area contributed by atoms with E-state index < -0.39 is 0 Å². The van der Waals surface area contributed by atoms with Crippen molar-refractivity contribution in [2.45, 2.75) is 25.8 Å². The molecule has 2 atom stereocenters. The Morgan fingerprint density at radius 3 is 2.70 bits per heavy atom. The molecule has 1 aliphatic rings. The molecule has 5 nitrogen and oxygen atoms in total. The van der Waals surface area contributed by atoms with Crippen LogP contribution in [0.1, 0.15) is 24.8 Å². The second-order valence-corrected chi connectivity index (χ2v) is 6.55. The Kier molecular flexibility index (Phi) is 6.86. The summed E-state index contributed by atoms with van der Waals surface area (Å²) in [4.78, 5) is 14.3. The van der Waals surface area contributed by atoms with Crippen molar-refractivity contribution < 1.29 is 9.53 Å². The Balaban J connectivity index is 1.76. The summed E-state index contributed by atoms with van der Waals surface area (Å²) < 4.78 is 5.66. The van der Waals surface area contributed by atoms with Crippen molar-refractivity contribution in [3.8, 4) is 5.75 Å². The van der Waals surface area contributed by atoms with Gasteiger partial charge >= 0.3 is 0 Å². The lowest BCUT2D eigenvalue weighted by atomic mass is 9.95. The lowest BCUT2D eigenvalue weighted by Gasteiger charge is -2.17. The molecule has 128 valence electrons.